The Balaban J connectivity index is 1.41. The van der Waals surface area contributed by atoms with Gasteiger partial charge in [0.2, 0.25) is 0 Å². The summed E-state index contributed by atoms with van der Waals surface area (Å²) in [7, 11) is 0. The Kier molecular flexibility index (Phi) is 4.34. The van der Waals surface area contributed by atoms with E-state index in [4.69, 9.17) is 5.26 Å². The summed E-state index contributed by atoms with van der Waals surface area (Å²) in [6.07, 6.45) is 5.39. The minimum atomic E-state index is 0.791. The van der Waals surface area contributed by atoms with E-state index >= 15 is 0 Å². The van der Waals surface area contributed by atoms with Gasteiger partial charge in [-0.1, -0.05) is 6.07 Å². The third-order valence-corrected chi connectivity index (χ3v) is 4.52. The van der Waals surface area contributed by atoms with E-state index in [2.05, 4.69) is 28.0 Å². The summed E-state index contributed by atoms with van der Waals surface area (Å²) in [5.41, 5.74) is 3.55. The molecule has 0 radical (unpaired) electrons. The second kappa shape index (κ2) is 6.39. The molecular formula is C17H23N3. The van der Waals surface area contributed by atoms with Gasteiger partial charge in [0.15, 0.2) is 0 Å². The van der Waals surface area contributed by atoms with Crippen LogP contribution in [0.2, 0.25) is 0 Å². The Hall–Kier alpha value is -1.37. The van der Waals surface area contributed by atoms with Gasteiger partial charge >= 0.3 is 0 Å². The highest BCUT2D eigenvalue weighted by molar-refractivity contribution is 5.39. The van der Waals surface area contributed by atoms with Crippen LogP contribution in [0.1, 0.15) is 42.4 Å². The minimum absolute atomic E-state index is 0.791. The SMILES string of the molecule is N#Cc1ccc2c(c1)CN(CCCCN1CCCC1)C2. The first-order valence-electron chi connectivity index (χ1n) is 7.82. The van der Waals surface area contributed by atoms with Gasteiger partial charge in [-0.05, 0) is 75.1 Å². The quantitative estimate of drug-likeness (QED) is 0.770. The summed E-state index contributed by atoms with van der Waals surface area (Å²) in [5.74, 6) is 0. The highest BCUT2D eigenvalue weighted by atomic mass is 15.1. The van der Waals surface area contributed by atoms with Crippen molar-refractivity contribution in [2.45, 2.75) is 38.8 Å². The zero-order valence-corrected chi connectivity index (χ0v) is 12.1. The smallest absolute Gasteiger partial charge is 0.0991 e. The molecule has 2 aliphatic heterocycles. The highest BCUT2D eigenvalue weighted by Gasteiger charge is 2.18. The summed E-state index contributed by atoms with van der Waals surface area (Å²) in [5, 5.41) is 8.94. The van der Waals surface area contributed by atoms with E-state index < -0.39 is 0 Å². The van der Waals surface area contributed by atoms with Crippen molar-refractivity contribution in [3.05, 3.63) is 34.9 Å². The van der Waals surface area contributed by atoms with Crippen molar-refractivity contribution in [2.24, 2.45) is 0 Å². The molecule has 3 rings (SSSR count). The van der Waals surface area contributed by atoms with Crippen molar-refractivity contribution in [3.63, 3.8) is 0 Å². The van der Waals surface area contributed by atoms with Crippen molar-refractivity contribution >= 4 is 0 Å². The molecule has 2 heterocycles. The van der Waals surface area contributed by atoms with Gasteiger partial charge in [-0.25, -0.2) is 0 Å². The Morgan fingerprint density at radius 2 is 1.65 bits per heavy atom. The van der Waals surface area contributed by atoms with Crippen LogP contribution in [0.3, 0.4) is 0 Å². The number of hydrogen-bond donors (Lipinski definition) is 0. The van der Waals surface area contributed by atoms with Crippen molar-refractivity contribution in [1.29, 1.82) is 5.26 Å². The van der Waals surface area contributed by atoms with Crippen molar-refractivity contribution < 1.29 is 0 Å². The summed E-state index contributed by atoms with van der Waals surface area (Å²) in [6, 6.07) is 8.35. The highest BCUT2D eigenvalue weighted by Crippen LogP contribution is 2.24. The second-order valence-electron chi connectivity index (χ2n) is 6.06. The van der Waals surface area contributed by atoms with Crippen molar-refractivity contribution in [3.8, 4) is 6.07 Å². The lowest BCUT2D eigenvalue weighted by molar-refractivity contribution is 0.263. The maximum Gasteiger partial charge on any atom is 0.0991 e. The summed E-state index contributed by atoms with van der Waals surface area (Å²) >= 11 is 0. The summed E-state index contributed by atoms with van der Waals surface area (Å²) < 4.78 is 0. The molecule has 3 heteroatoms. The molecule has 0 amide bonds. The molecule has 1 aromatic carbocycles. The minimum Gasteiger partial charge on any atom is -0.303 e. The molecule has 0 bridgehead atoms. The number of nitriles is 1. The zero-order chi connectivity index (χ0) is 13.8. The maximum atomic E-state index is 8.94. The first-order valence-corrected chi connectivity index (χ1v) is 7.82. The average molecular weight is 269 g/mol. The lowest BCUT2D eigenvalue weighted by Gasteiger charge is -2.17. The van der Waals surface area contributed by atoms with E-state index in [1.807, 2.05) is 6.07 Å². The number of likely N-dealkylation sites (tertiary alicyclic amines) is 1. The molecule has 20 heavy (non-hydrogen) atoms. The van der Waals surface area contributed by atoms with E-state index in [1.54, 1.807) is 0 Å². The second-order valence-corrected chi connectivity index (χ2v) is 6.06. The van der Waals surface area contributed by atoms with Crippen LogP contribution in [-0.4, -0.2) is 36.0 Å². The van der Waals surface area contributed by atoms with Crippen LogP contribution in [0.15, 0.2) is 18.2 Å². The molecule has 0 atom stereocenters. The van der Waals surface area contributed by atoms with Gasteiger partial charge in [-0.3, -0.25) is 4.90 Å². The van der Waals surface area contributed by atoms with Crippen molar-refractivity contribution in [1.82, 2.24) is 9.80 Å². The lowest BCUT2D eigenvalue weighted by Crippen LogP contribution is -2.22. The van der Waals surface area contributed by atoms with Crippen LogP contribution in [0, 0.1) is 11.3 Å². The fraction of sp³-hybridized carbons (Fsp3) is 0.588. The van der Waals surface area contributed by atoms with Crippen LogP contribution >= 0.6 is 0 Å². The topological polar surface area (TPSA) is 30.3 Å². The Morgan fingerprint density at radius 1 is 0.950 bits per heavy atom. The molecule has 2 aliphatic rings. The molecule has 1 saturated heterocycles. The van der Waals surface area contributed by atoms with Crippen molar-refractivity contribution in [2.75, 3.05) is 26.2 Å². The normalized spacial score (nSPS) is 19.1. The predicted octanol–water partition coefficient (Wildman–Crippen LogP) is 2.75. The lowest BCUT2D eigenvalue weighted by atomic mass is 10.1. The van der Waals surface area contributed by atoms with Crippen LogP contribution < -0.4 is 0 Å². The van der Waals surface area contributed by atoms with Gasteiger partial charge in [0, 0.05) is 13.1 Å². The van der Waals surface area contributed by atoms with E-state index in [1.165, 1.54) is 63.0 Å². The van der Waals surface area contributed by atoms with E-state index in [9.17, 15) is 0 Å². The van der Waals surface area contributed by atoms with Gasteiger partial charge in [0.05, 0.1) is 11.6 Å². The number of fused-ring (bicyclic) bond motifs is 1. The van der Waals surface area contributed by atoms with Gasteiger partial charge in [-0.15, -0.1) is 0 Å². The molecule has 3 nitrogen and oxygen atoms in total. The number of rotatable bonds is 5. The van der Waals surface area contributed by atoms with Gasteiger partial charge < -0.3 is 4.90 Å². The molecule has 0 saturated carbocycles. The molecule has 0 spiro atoms. The Bertz CT molecular complexity index is 497. The van der Waals surface area contributed by atoms with Gasteiger partial charge in [0.1, 0.15) is 0 Å². The molecule has 0 unspecified atom stereocenters. The third-order valence-electron chi connectivity index (χ3n) is 4.52. The number of benzene rings is 1. The van der Waals surface area contributed by atoms with Crippen LogP contribution in [0.4, 0.5) is 0 Å². The summed E-state index contributed by atoms with van der Waals surface area (Å²) in [6.45, 7) is 7.17. The Labute approximate surface area is 121 Å². The predicted molar refractivity (Wildman–Crippen MR) is 80.2 cm³/mol. The largest absolute Gasteiger partial charge is 0.303 e. The fourth-order valence-electron chi connectivity index (χ4n) is 3.37. The molecule has 1 aromatic rings. The maximum absolute atomic E-state index is 8.94. The Morgan fingerprint density at radius 3 is 2.40 bits per heavy atom. The number of hydrogen-bond acceptors (Lipinski definition) is 3. The average Bonchev–Trinajstić information content (AvgIpc) is 3.11. The van der Waals surface area contributed by atoms with Crippen LogP contribution in [-0.2, 0) is 13.1 Å². The molecule has 0 aliphatic carbocycles. The zero-order valence-electron chi connectivity index (χ0n) is 12.1. The van der Waals surface area contributed by atoms with Crippen LogP contribution in [0.5, 0.6) is 0 Å². The molecule has 0 N–H and O–H groups in total. The molecule has 1 fully saturated rings. The molecule has 106 valence electrons. The molecule has 0 aromatic heterocycles. The van der Waals surface area contributed by atoms with E-state index in [-0.39, 0.29) is 0 Å². The summed E-state index contributed by atoms with van der Waals surface area (Å²) in [4.78, 5) is 5.10. The first kappa shape index (κ1) is 13.6. The van der Waals surface area contributed by atoms with Gasteiger partial charge in [0.25, 0.3) is 0 Å². The molecular weight excluding hydrogens is 246 g/mol. The first-order chi connectivity index (χ1) is 9.85. The van der Waals surface area contributed by atoms with E-state index in [0.717, 1.165) is 18.7 Å². The number of unbranched alkanes of at least 4 members (excludes halogenated alkanes) is 1. The number of nitrogens with zero attached hydrogens (tertiary/aromatic N) is 3. The fourth-order valence-corrected chi connectivity index (χ4v) is 3.37. The monoisotopic (exact) mass is 269 g/mol. The third kappa shape index (κ3) is 3.20. The van der Waals surface area contributed by atoms with Crippen LogP contribution in [0.25, 0.3) is 0 Å². The van der Waals surface area contributed by atoms with Gasteiger partial charge in [-0.2, -0.15) is 5.26 Å². The van der Waals surface area contributed by atoms with E-state index in [0.29, 0.717) is 0 Å². The standard InChI is InChI=1S/C17H23N3/c18-12-15-5-6-16-13-20(14-17(16)11-15)10-4-3-9-19-7-1-2-8-19/h5-6,11H,1-4,7-10,13-14H2.